The Morgan fingerprint density at radius 2 is 1.21 bits per heavy atom. The molecule has 0 saturated heterocycles. The zero-order valence-electron chi connectivity index (χ0n) is 18.3. The first-order valence-electron chi connectivity index (χ1n) is 11.4. The molecule has 7 rings (SSSR count). The van der Waals surface area contributed by atoms with E-state index < -0.39 is 0 Å². The molecule has 2 heteroatoms. The Morgan fingerprint density at radius 3 is 2.06 bits per heavy atom. The van der Waals surface area contributed by atoms with E-state index in [2.05, 4.69) is 126 Å². The Morgan fingerprint density at radius 1 is 0.545 bits per heavy atom. The minimum Gasteiger partial charge on any atom is -0.354 e. The summed E-state index contributed by atoms with van der Waals surface area (Å²) >= 11 is 0. The summed E-state index contributed by atoms with van der Waals surface area (Å²) in [5, 5.41) is 3.93. The van der Waals surface area contributed by atoms with E-state index in [0.717, 1.165) is 0 Å². The molecule has 0 bridgehead atoms. The van der Waals surface area contributed by atoms with Gasteiger partial charge in [0.05, 0.1) is 11.4 Å². The maximum atomic E-state index is 3.75. The van der Waals surface area contributed by atoms with Gasteiger partial charge in [-0.15, -0.1) is 0 Å². The van der Waals surface area contributed by atoms with Crippen molar-refractivity contribution in [2.75, 3.05) is 11.9 Å². The molecule has 33 heavy (non-hydrogen) atoms. The van der Waals surface area contributed by atoms with E-state index in [1.54, 1.807) is 0 Å². The van der Waals surface area contributed by atoms with Crippen LogP contribution in [0.15, 0.2) is 109 Å². The summed E-state index contributed by atoms with van der Waals surface area (Å²) in [6.45, 7) is 0. The van der Waals surface area contributed by atoms with Gasteiger partial charge in [0, 0.05) is 40.3 Å². The lowest BCUT2D eigenvalue weighted by Crippen LogP contribution is -2.11. The predicted molar refractivity (Wildman–Crippen MR) is 140 cm³/mol. The molecule has 1 N–H and O–H groups in total. The van der Waals surface area contributed by atoms with Gasteiger partial charge in [0.25, 0.3) is 0 Å². The fourth-order valence-electron chi connectivity index (χ4n) is 5.50. The zero-order valence-corrected chi connectivity index (χ0v) is 18.3. The van der Waals surface area contributed by atoms with Gasteiger partial charge < -0.3 is 9.88 Å². The number of H-pyrrole nitrogens is 1. The average molecular weight is 423 g/mol. The summed E-state index contributed by atoms with van der Waals surface area (Å²) in [7, 11) is 2.18. The molecule has 0 radical (unpaired) electrons. The van der Waals surface area contributed by atoms with Crippen LogP contribution in [0.4, 0.5) is 11.4 Å². The highest BCUT2D eigenvalue weighted by Gasteiger charge is 2.27. The minimum absolute atomic E-state index is 1.17. The summed E-state index contributed by atoms with van der Waals surface area (Å²) in [5.41, 5.74) is 11.2. The Labute approximate surface area is 192 Å². The van der Waals surface area contributed by atoms with Crippen molar-refractivity contribution < 1.29 is 0 Å². The van der Waals surface area contributed by atoms with Crippen LogP contribution in [0.3, 0.4) is 0 Å². The highest BCUT2D eigenvalue weighted by molar-refractivity contribution is 6.23. The van der Waals surface area contributed by atoms with Gasteiger partial charge in [0.15, 0.2) is 0 Å². The van der Waals surface area contributed by atoms with Crippen LogP contribution in [-0.2, 0) is 0 Å². The Balaban J connectivity index is 1.49. The molecule has 1 aliphatic rings. The van der Waals surface area contributed by atoms with Gasteiger partial charge in [-0.2, -0.15) is 0 Å². The number of rotatable bonds is 3. The lowest BCUT2D eigenvalue weighted by molar-refractivity contribution is 1.22. The second-order valence-electron chi connectivity index (χ2n) is 8.73. The third-order valence-corrected chi connectivity index (χ3v) is 6.96. The molecule has 156 valence electrons. The SMILES string of the molecule is CN(c1ccccc1-c1ccccc1)c1cccc2[nH]c3c(c12)-c1cccc2cccc-3c12. The quantitative estimate of drug-likeness (QED) is 0.303. The van der Waals surface area contributed by atoms with Crippen molar-refractivity contribution in [3.63, 3.8) is 0 Å². The van der Waals surface area contributed by atoms with E-state index in [1.807, 2.05) is 0 Å². The second kappa shape index (κ2) is 6.85. The molecule has 2 nitrogen and oxygen atoms in total. The van der Waals surface area contributed by atoms with E-state index in [9.17, 15) is 0 Å². The summed E-state index contributed by atoms with van der Waals surface area (Å²) in [6.07, 6.45) is 0. The Bertz CT molecular complexity index is 1670. The number of nitrogens with zero attached hydrogens (tertiary/aromatic N) is 1. The third kappa shape index (κ3) is 2.55. The maximum Gasteiger partial charge on any atom is 0.0552 e. The number of hydrogen-bond donors (Lipinski definition) is 1. The molecule has 5 aromatic carbocycles. The van der Waals surface area contributed by atoms with Crippen LogP contribution < -0.4 is 4.90 Å². The number of aromatic amines is 1. The van der Waals surface area contributed by atoms with Crippen molar-refractivity contribution in [3.05, 3.63) is 109 Å². The summed E-state index contributed by atoms with van der Waals surface area (Å²) < 4.78 is 0. The van der Waals surface area contributed by atoms with Gasteiger partial charge in [0.2, 0.25) is 0 Å². The van der Waals surface area contributed by atoms with Crippen LogP contribution >= 0.6 is 0 Å². The van der Waals surface area contributed by atoms with Crippen molar-refractivity contribution in [1.82, 2.24) is 4.98 Å². The normalized spacial score (nSPS) is 11.8. The highest BCUT2D eigenvalue weighted by atomic mass is 15.1. The number of para-hydroxylation sites is 1. The molecule has 0 aliphatic heterocycles. The number of nitrogens with one attached hydrogen (secondary N) is 1. The smallest absolute Gasteiger partial charge is 0.0552 e. The van der Waals surface area contributed by atoms with Crippen LogP contribution in [0.25, 0.3) is 55.2 Å². The topological polar surface area (TPSA) is 19.0 Å². The minimum atomic E-state index is 1.17. The number of aromatic nitrogens is 1. The first-order chi connectivity index (χ1) is 16.3. The van der Waals surface area contributed by atoms with Crippen LogP contribution in [0, 0.1) is 0 Å². The van der Waals surface area contributed by atoms with Crippen LogP contribution in [-0.4, -0.2) is 12.0 Å². The van der Waals surface area contributed by atoms with Crippen LogP contribution in [0.2, 0.25) is 0 Å². The first-order valence-corrected chi connectivity index (χ1v) is 11.4. The number of benzene rings is 5. The first kappa shape index (κ1) is 18.3. The van der Waals surface area contributed by atoms with Crippen molar-refractivity contribution in [2.45, 2.75) is 0 Å². The third-order valence-electron chi connectivity index (χ3n) is 6.96. The van der Waals surface area contributed by atoms with E-state index >= 15 is 0 Å². The van der Waals surface area contributed by atoms with Gasteiger partial charge in [-0.3, -0.25) is 0 Å². The maximum absolute atomic E-state index is 3.75. The highest BCUT2D eigenvalue weighted by Crippen LogP contribution is 2.52. The van der Waals surface area contributed by atoms with E-state index in [0.29, 0.717) is 0 Å². The molecular formula is C31H22N2. The molecule has 0 fully saturated rings. The monoisotopic (exact) mass is 422 g/mol. The molecule has 1 aromatic heterocycles. The van der Waals surface area contributed by atoms with Crippen molar-refractivity contribution in [2.24, 2.45) is 0 Å². The van der Waals surface area contributed by atoms with Gasteiger partial charge in [-0.25, -0.2) is 0 Å². The van der Waals surface area contributed by atoms with Crippen molar-refractivity contribution in [3.8, 4) is 33.5 Å². The Kier molecular flexibility index (Phi) is 3.80. The number of fused-ring (bicyclic) bond motifs is 5. The largest absolute Gasteiger partial charge is 0.354 e. The molecule has 0 saturated carbocycles. The second-order valence-corrected chi connectivity index (χ2v) is 8.73. The number of anilines is 2. The fraction of sp³-hybridized carbons (Fsp3) is 0.0323. The molecule has 1 aliphatic carbocycles. The van der Waals surface area contributed by atoms with E-state index in [-0.39, 0.29) is 0 Å². The number of hydrogen-bond acceptors (Lipinski definition) is 1. The summed E-state index contributed by atoms with van der Waals surface area (Å²) in [4.78, 5) is 6.08. The van der Waals surface area contributed by atoms with Gasteiger partial charge in [0.1, 0.15) is 0 Å². The van der Waals surface area contributed by atoms with Gasteiger partial charge >= 0.3 is 0 Å². The Hall–Kier alpha value is -4.30. The van der Waals surface area contributed by atoms with Crippen molar-refractivity contribution >= 4 is 33.1 Å². The lowest BCUT2D eigenvalue weighted by Gasteiger charge is -2.24. The predicted octanol–water partition coefficient (Wildman–Crippen LogP) is 8.40. The molecule has 0 unspecified atom stereocenters. The molecular weight excluding hydrogens is 400 g/mol. The van der Waals surface area contributed by atoms with Crippen LogP contribution in [0.5, 0.6) is 0 Å². The fourth-order valence-corrected chi connectivity index (χ4v) is 5.50. The van der Waals surface area contributed by atoms with Gasteiger partial charge in [-0.1, -0.05) is 91.0 Å². The van der Waals surface area contributed by atoms with Crippen LogP contribution in [0.1, 0.15) is 0 Å². The molecule has 0 spiro atoms. The molecule has 6 aromatic rings. The summed E-state index contributed by atoms with van der Waals surface area (Å²) in [6, 6.07) is 39.1. The summed E-state index contributed by atoms with van der Waals surface area (Å²) in [5.74, 6) is 0. The molecule has 1 heterocycles. The standard InChI is InChI=1S/C31H22N2/c1-33(26-18-6-5-14-22(26)20-10-3-2-4-11-20)27-19-9-17-25-30(27)29-23-15-7-12-21-13-8-16-24(28(21)23)31(29)32-25/h2-19,32H,1H3. The van der Waals surface area contributed by atoms with Gasteiger partial charge in [-0.05, 0) is 40.1 Å². The van der Waals surface area contributed by atoms with Crippen molar-refractivity contribution in [1.29, 1.82) is 0 Å². The average Bonchev–Trinajstić information content (AvgIpc) is 3.41. The zero-order chi connectivity index (χ0) is 21.9. The molecule has 0 atom stereocenters. The lowest BCUT2D eigenvalue weighted by atomic mass is 9.99. The molecule has 0 amide bonds. The van der Waals surface area contributed by atoms with E-state index in [4.69, 9.17) is 0 Å². The van der Waals surface area contributed by atoms with E-state index in [1.165, 1.54) is 66.6 Å².